The highest BCUT2D eigenvalue weighted by Crippen LogP contribution is 2.26. The van der Waals surface area contributed by atoms with E-state index in [2.05, 4.69) is 5.43 Å². The number of nitrogens with one attached hydrogen (secondary N) is 1. The Morgan fingerprint density at radius 1 is 1.05 bits per heavy atom. The molecule has 2 aromatic rings. The van der Waals surface area contributed by atoms with E-state index in [1.165, 1.54) is 0 Å². The van der Waals surface area contributed by atoms with E-state index < -0.39 is 0 Å². The maximum absolute atomic E-state index is 9.56. The summed E-state index contributed by atoms with van der Waals surface area (Å²) >= 11 is 5.91. The number of nitrogens with zero attached hydrogens (tertiary/aromatic N) is 1. The highest BCUT2D eigenvalue weighted by atomic mass is 35.5. The third kappa shape index (κ3) is 2.50. The molecule has 0 amide bonds. The number of para-hydroxylation sites is 1. The second-order valence-electron chi connectivity index (χ2n) is 4.65. The molecule has 1 aliphatic rings. The van der Waals surface area contributed by atoms with Gasteiger partial charge in [0.25, 0.3) is 0 Å². The average molecular weight is 287 g/mol. The largest absolute Gasteiger partial charge is 0.394 e. The predicted molar refractivity (Wildman–Crippen MR) is 82.4 cm³/mol. The van der Waals surface area contributed by atoms with Gasteiger partial charge in [0, 0.05) is 5.02 Å². The van der Waals surface area contributed by atoms with Crippen molar-refractivity contribution < 1.29 is 5.11 Å². The van der Waals surface area contributed by atoms with Crippen LogP contribution >= 0.6 is 11.6 Å². The number of aliphatic hydroxyl groups is 1. The molecule has 20 heavy (non-hydrogen) atoms. The third-order valence-corrected chi connectivity index (χ3v) is 3.56. The fourth-order valence-electron chi connectivity index (χ4n) is 2.29. The lowest BCUT2D eigenvalue weighted by molar-refractivity contribution is 0.279. The number of halogens is 1. The van der Waals surface area contributed by atoms with E-state index in [9.17, 15) is 5.11 Å². The topological polar surface area (TPSA) is 35.5 Å². The Kier molecular flexibility index (Phi) is 3.63. The van der Waals surface area contributed by atoms with Gasteiger partial charge in [-0.05, 0) is 35.9 Å². The first kappa shape index (κ1) is 13.0. The summed E-state index contributed by atoms with van der Waals surface area (Å²) in [4.78, 5) is 0. The molecule has 1 unspecified atom stereocenters. The van der Waals surface area contributed by atoms with Gasteiger partial charge in [-0.3, -0.25) is 10.4 Å². The van der Waals surface area contributed by atoms with Crippen LogP contribution in [0.4, 0.5) is 5.69 Å². The second-order valence-corrected chi connectivity index (χ2v) is 5.09. The van der Waals surface area contributed by atoms with Crippen molar-refractivity contribution in [1.29, 1.82) is 0 Å². The number of anilines is 1. The Morgan fingerprint density at radius 3 is 2.40 bits per heavy atom. The average Bonchev–Trinajstić information content (AvgIpc) is 2.93. The molecule has 3 rings (SSSR count). The molecule has 0 bridgehead atoms. The molecule has 2 N–H and O–H groups in total. The quantitative estimate of drug-likeness (QED) is 0.910. The van der Waals surface area contributed by atoms with Crippen LogP contribution in [0.3, 0.4) is 0 Å². The maximum Gasteiger partial charge on any atom is 0.0938 e. The fraction of sp³-hybridized carbons (Fsp3) is 0.125. The van der Waals surface area contributed by atoms with Gasteiger partial charge in [0.2, 0.25) is 0 Å². The molecule has 0 saturated carbocycles. The molecular weight excluding hydrogens is 272 g/mol. The van der Waals surface area contributed by atoms with E-state index >= 15 is 0 Å². The van der Waals surface area contributed by atoms with Gasteiger partial charge in [-0.2, -0.15) is 0 Å². The Balaban J connectivity index is 1.87. The van der Waals surface area contributed by atoms with Crippen LogP contribution in [0, 0.1) is 0 Å². The van der Waals surface area contributed by atoms with Crippen molar-refractivity contribution in [2.45, 2.75) is 6.04 Å². The first-order valence-corrected chi connectivity index (χ1v) is 6.85. The molecule has 2 aromatic carbocycles. The van der Waals surface area contributed by atoms with Gasteiger partial charge < -0.3 is 5.11 Å². The summed E-state index contributed by atoms with van der Waals surface area (Å²) in [7, 11) is 0. The molecule has 1 aliphatic heterocycles. The SMILES string of the molecule is OCC1C=C(c2ccc(Cl)cc2)NN1c1ccccc1. The molecule has 4 heteroatoms. The van der Waals surface area contributed by atoms with Crippen LogP contribution in [-0.2, 0) is 0 Å². The molecule has 0 spiro atoms. The van der Waals surface area contributed by atoms with Gasteiger partial charge in [-0.25, -0.2) is 0 Å². The van der Waals surface area contributed by atoms with Crippen molar-refractivity contribution in [3.8, 4) is 0 Å². The van der Waals surface area contributed by atoms with Crippen molar-refractivity contribution in [2.24, 2.45) is 0 Å². The molecule has 0 aromatic heterocycles. The molecule has 1 heterocycles. The van der Waals surface area contributed by atoms with Crippen LogP contribution in [0.2, 0.25) is 5.02 Å². The lowest BCUT2D eigenvalue weighted by Crippen LogP contribution is -2.40. The van der Waals surface area contributed by atoms with Crippen LogP contribution < -0.4 is 10.4 Å². The zero-order chi connectivity index (χ0) is 13.9. The fourth-order valence-corrected chi connectivity index (χ4v) is 2.41. The van der Waals surface area contributed by atoms with Crippen LogP contribution in [0.5, 0.6) is 0 Å². The number of hydrogen-bond donors (Lipinski definition) is 2. The molecule has 0 aliphatic carbocycles. The minimum absolute atomic E-state index is 0.0545. The van der Waals surface area contributed by atoms with E-state index in [1.54, 1.807) is 0 Å². The normalized spacial score (nSPS) is 17.8. The predicted octanol–water partition coefficient (Wildman–Crippen LogP) is 3.07. The van der Waals surface area contributed by atoms with Crippen LogP contribution in [0.25, 0.3) is 5.70 Å². The number of aliphatic hydroxyl groups excluding tert-OH is 1. The summed E-state index contributed by atoms with van der Waals surface area (Å²) in [6.07, 6.45) is 2.02. The summed E-state index contributed by atoms with van der Waals surface area (Å²) in [5.41, 5.74) is 6.38. The lowest BCUT2D eigenvalue weighted by Gasteiger charge is -2.26. The summed E-state index contributed by atoms with van der Waals surface area (Å²) in [5.74, 6) is 0. The molecule has 1 atom stereocenters. The Morgan fingerprint density at radius 2 is 1.75 bits per heavy atom. The molecule has 3 nitrogen and oxygen atoms in total. The molecular formula is C16H15ClN2O. The van der Waals surface area contributed by atoms with Crippen molar-refractivity contribution in [1.82, 2.24) is 5.43 Å². The summed E-state index contributed by atoms with van der Waals surface area (Å²) in [6.45, 7) is 0.0545. The first-order valence-electron chi connectivity index (χ1n) is 6.47. The number of benzene rings is 2. The summed E-state index contributed by atoms with van der Waals surface area (Å²) in [5, 5.41) is 12.2. The number of hydrogen-bond acceptors (Lipinski definition) is 3. The number of hydrazine groups is 1. The van der Waals surface area contributed by atoms with E-state index in [-0.39, 0.29) is 12.6 Å². The maximum atomic E-state index is 9.56. The van der Waals surface area contributed by atoms with Crippen molar-refractivity contribution in [3.05, 3.63) is 71.3 Å². The smallest absolute Gasteiger partial charge is 0.0938 e. The van der Waals surface area contributed by atoms with Crippen LogP contribution in [0.1, 0.15) is 5.56 Å². The van der Waals surface area contributed by atoms with Gasteiger partial charge in [0.1, 0.15) is 0 Å². The zero-order valence-electron chi connectivity index (χ0n) is 10.8. The van der Waals surface area contributed by atoms with Crippen molar-refractivity contribution in [2.75, 3.05) is 11.6 Å². The summed E-state index contributed by atoms with van der Waals surface area (Å²) < 4.78 is 0. The Bertz CT molecular complexity index is 610. The van der Waals surface area contributed by atoms with Gasteiger partial charge in [0.05, 0.1) is 24.0 Å². The highest BCUT2D eigenvalue weighted by molar-refractivity contribution is 6.30. The molecule has 0 fully saturated rings. The van der Waals surface area contributed by atoms with Gasteiger partial charge in [-0.1, -0.05) is 41.9 Å². The zero-order valence-corrected chi connectivity index (χ0v) is 11.6. The van der Waals surface area contributed by atoms with E-state index in [0.717, 1.165) is 16.9 Å². The van der Waals surface area contributed by atoms with Gasteiger partial charge >= 0.3 is 0 Å². The third-order valence-electron chi connectivity index (χ3n) is 3.31. The minimum Gasteiger partial charge on any atom is -0.394 e. The van der Waals surface area contributed by atoms with E-state index in [0.29, 0.717) is 5.02 Å². The Hall–Kier alpha value is -1.97. The molecule has 0 radical (unpaired) electrons. The van der Waals surface area contributed by atoms with Crippen molar-refractivity contribution in [3.63, 3.8) is 0 Å². The summed E-state index contributed by atoms with van der Waals surface area (Å²) in [6, 6.07) is 17.5. The minimum atomic E-state index is -0.0805. The molecule has 102 valence electrons. The van der Waals surface area contributed by atoms with Gasteiger partial charge in [-0.15, -0.1) is 0 Å². The van der Waals surface area contributed by atoms with Crippen LogP contribution in [-0.4, -0.2) is 17.8 Å². The van der Waals surface area contributed by atoms with Gasteiger partial charge in [0.15, 0.2) is 0 Å². The number of rotatable bonds is 3. The standard InChI is InChI=1S/C16H15ClN2O/c17-13-8-6-12(7-9-13)16-10-15(11-20)19(18-16)14-4-2-1-3-5-14/h1-10,15,18,20H,11H2. The molecule has 0 saturated heterocycles. The van der Waals surface area contributed by atoms with Crippen molar-refractivity contribution >= 4 is 23.0 Å². The second kappa shape index (κ2) is 5.57. The monoisotopic (exact) mass is 286 g/mol. The Labute approximate surface area is 123 Å². The lowest BCUT2D eigenvalue weighted by atomic mass is 10.1. The van der Waals surface area contributed by atoms with E-state index in [1.807, 2.05) is 65.7 Å². The van der Waals surface area contributed by atoms with Crippen LogP contribution in [0.15, 0.2) is 60.7 Å². The first-order chi connectivity index (χ1) is 9.78. The van der Waals surface area contributed by atoms with E-state index in [4.69, 9.17) is 11.6 Å². The highest BCUT2D eigenvalue weighted by Gasteiger charge is 2.24.